The summed E-state index contributed by atoms with van der Waals surface area (Å²) in [6.07, 6.45) is -4.36. The van der Waals surface area contributed by atoms with Gasteiger partial charge in [-0.05, 0) is 30.2 Å². The van der Waals surface area contributed by atoms with Gasteiger partial charge in [-0.1, -0.05) is 24.3 Å². The Morgan fingerprint density at radius 2 is 1.82 bits per heavy atom. The van der Waals surface area contributed by atoms with Crippen LogP contribution in [0.5, 0.6) is 0 Å². The normalized spacial score (nSPS) is 19.8. The van der Waals surface area contributed by atoms with Gasteiger partial charge in [-0.3, -0.25) is 9.59 Å². The van der Waals surface area contributed by atoms with Crippen LogP contribution in [0.3, 0.4) is 0 Å². The first-order chi connectivity index (χ1) is 13.2. The maximum absolute atomic E-state index is 13.8. The van der Waals surface area contributed by atoms with E-state index in [1.807, 2.05) is 0 Å². The molecule has 2 aromatic rings. The molecule has 0 aromatic heterocycles. The highest BCUT2D eigenvalue weighted by Gasteiger charge is 2.40. The van der Waals surface area contributed by atoms with Crippen molar-refractivity contribution in [1.82, 2.24) is 5.32 Å². The maximum Gasteiger partial charge on any atom is 0.416 e. The minimum atomic E-state index is -4.57. The first-order valence-electron chi connectivity index (χ1n) is 8.38. The van der Waals surface area contributed by atoms with E-state index in [1.54, 1.807) is 0 Å². The number of hydrogen-bond acceptors (Lipinski definition) is 2. The highest BCUT2D eigenvalue weighted by molar-refractivity contribution is 6.07. The van der Waals surface area contributed by atoms with E-state index in [2.05, 4.69) is 10.6 Å². The second kappa shape index (κ2) is 7.57. The molecule has 3 rings (SSSR count). The molecule has 2 aromatic carbocycles. The second-order valence-corrected chi connectivity index (χ2v) is 6.38. The summed E-state index contributed by atoms with van der Waals surface area (Å²) in [5.41, 5.74) is -1.18. The smallest absolute Gasteiger partial charge is 0.355 e. The molecule has 0 radical (unpaired) electrons. The zero-order valence-electron chi connectivity index (χ0n) is 14.3. The zero-order valence-corrected chi connectivity index (χ0v) is 14.3. The highest BCUT2D eigenvalue weighted by Crippen LogP contribution is 2.36. The fourth-order valence-electron chi connectivity index (χ4n) is 3.23. The molecule has 148 valence electrons. The summed E-state index contributed by atoms with van der Waals surface area (Å²) < 4.78 is 66.2. The fourth-order valence-corrected chi connectivity index (χ4v) is 3.23. The Morgan fingerprint density at radius 3 is 2.54 bits per heavy atom. The van der Waals surface area contributed by atoms with Gasteiger partial charge in [-0.15, -0.1) is 0 Å². The number of piperidine rings is 1. The molecule has 1 heterocycles. The van der Waals surface area contributed by atoms with Gasteiger partial charge < -0.3 is 10.6 Å². The van der Waals surface area contributed by atoms with Crippen molar-refractivity contribution in [2.75, 3.05) is 11.9 Å². The molecule has 1 unspecified atom stereocenters. The first kappa shape index (κ1) is 19.8. The van der Waals surface area contributed by atoms with E-state index in [9.17, 15) is 31.5 Å². The van der Waals surface area contributed by atoms with Gasteiger partial charge in [-0.2, -0.15) is 13.2 Å². The molecule has 2 atom stereocenters. The average Bonchev–Trinajstić information content (AvgIpc) is 2.64. The average molecular weight is 398 g/mol. The number of nitrogens with one attached hydrogen (secondary N) is 2. The van der Waals surface area contributed by atoms with Crippen LogP contribution in [0.1, 0.15) is 23.5 Å². The molecule has 0 saturated carbocycles. The van der Waals surface area contributed by atoms with Gasteiger partial charge in [0, 0.05) is 12.5 Å². The number of carbonyl (C=O) groups excluding carboxylic acids is 2. The summed E-state index contributed by atoms with van der Waals surface area (Å²) in [5, 5.41) is 4.64. The van der Waals surface area contributed by atoms with Crippen molar-refractivity contribution >= 4 is 17.5 Å². The Morgan fingerprint density at radius 1 is 1.11 bits per heavy atom. The molecule has 1 saturated heterocycles. The van der Waals surface area contributed by atoms with Gasteiger partial charge >= 0.3 is 6.18 Å². The van der Waals surface area contributed by atoms with Crippen LogP contribution in [0, 0.1) is 17.6 Å². The predicted molar refractivity (Wildman–Crippen MR) is 90.3 cm³/mol. The molecule has 1 aliphatic rings. The first-order valence-corrected chi connectivity index (χ1v) is 8.38. The topological polar surface area (TPSA) is 58.2 Å². The lowest BCUT2D eigenvalue weighted by Crippen LogP contribution is -2.46. The zero-order chi connectivity index (χ0) is 20.5. The van der Waals surface area contributed by atoms with E-state index < -0.39 is 52.7 Å². The molecule has 0 spiro atoms. The van der Waals surface area contributed by atoms with Crippen LogP contribution in [0.15, 0.2) is 42.5 Å². The third-order valence-electron chi connectivity index (χ3n) is 4.57. The molecular weight excluding hydrogens is 383 g/mol. The van der Waals surface area contributed by atoms with E-state index in [4.69, 9.17) is 0 Å². The minimum Gasteiger partial charge on any atom is -0.355 e. The van der Waals surface area contributed by atoms with Crippen LogP contribution in [0.25, 0.3) is 0 Å². The largest absolute Gasteiger partial charge is 0.416 e. The van der Waals surface area contributed by atoms with Gasteiger partial charge in [0.1, 0.15) is 5.92 Å². The van der Waals surface area contributed by atoms with Crippen molar-refractivity contribution in [1.29, 1.82) is 0 Å². The van der Waals surface area contributed by atoms with Crippen molar-refractivity contribution < 1.29 is 31.5 Å². The second-order valence-electron chi connectivity index (χ2n) is 6.38. The predicted octanol–water partition coefficient (Wildman–Crippen LogP) is 3.84. The van der Waals surface area contributed by atoms with Crippen molar-refractivity contribution in [3.05, 3.63) is 65.2 Å². The van der Waals surface area contributed by atoms with E-state index in [0.717, 1.165) is 24.3 Å². The lowest BCUT2D eigenvalue weighted by Gasteiger charge is -2.31. The summed E-state index contributed by atoms with van der Waals surface area (Å²) in [5.74, 6) is -6.32. The Hall–Kier alpha value is -2.97. The monoisotopic (exact) mass is 398 g/mol. The number of rotatable bonds is 3. The maximum atomic E-state index is 13.8. The molecule has 2 N–H and O–H groups in total. The molecule has 0 bridgehead atoms. The van der Waals surface area contributed by atoms with Crippen molar-refractivity contribution in [3.8, 4) is 0 Å². The summed E-state index contributed by atoms with van der Waals surface area (Å²) in [7, 11) is 0. The van der Waals surface area contributed by atoms with Gasteiger partial charge in [-0.25, -0.2) is 8.78 Å². The summed E-state index contributed by atoms with van der Waals surface area (Å²) >= 11 is 0. The third-order valence-corrected chi connectivity index (χ3v) is 4.57. The molecule has 0 aliphatic carbocycles. The van der Waals surface area contributed by atoms with E-state index >= 15 is 0 Å². The molecule has 4 nitrogen and oxygen atoms in total. The number of amides is 2. The van der Waals surface area contributed by atoms with Crippen molar-refractivity contribution in [2.24, 2.45) is 5.92 Å². The summed E-state index contributed by atoms with van der Waals surface area (Å²) in [4.78, 5) is 24.9. The fraction of sp³-hybridized carbons (Fsp3) is 0.263. The lowest BCUT2D eigenvalue weighted by atomic mass is 9.79. The Bertz CT molecular complexity index is 913. The highest BCUT2D eigenvalue weighted by atomic mass is 19.4. The van der Waals surface area contributed by atoms with Crippen LogP contribution < -0.4 is 10.6 Å². The van der Waals surface area contributed by atoms with Crippen LogP contribution in [0.4, 0.5) is 27.6 Å². The summed E-state index contributed by atoms with van der Waals surface area (Å²) in [6.45, 7) is 0.178. The Labute approximate surface area is 156 Å². The van der Waals surface area contributed by atoms with Crippen LogP contribution in [0.2, 0.25) is 0 Å². The molecular formula is C19H15F5N2O2. The number of hydrogen-bond donors (Lipinski definition) is 2. The van der Waals surface area contributed by atoms with Crippen molar-refractivity contribution in [2.45, 2.75) is 18.5 Å². The Kier molecular flexibility index (Phi) is 5.35. The van der Waals surface area contributed by atoms with Gasteiger partial charge in [0.25, 0.3) is 0 Å². The lowest BCUT2D eigenvalue weighted by molar-refractivity contribution is -0.137. The summed E-state index contributed by atoms with van der Waals surface area (Å²) in [6, 6.07) is 7.56. The molecule has 1 aliphatic heterocycles. The quantitative estimate of drug-likeness (QED) is 0.610. The molecule has 9 heteroatoms. The number of carbonyl (C=O) groups is 2. The van der Waals surface area contributed by atoms with Gasteiger partial charge in [0.2, 0.25) is 11.8 Å². The van der Waals surface area contributed by atoms with Crippen LogP contribution >= 0.6 is 0 Å². The number of alkyl halides is 3. The van der Waals surface area contributed by atoms with E-state index in [-0.39, 0.29) is 18.5 Å². The van der Waals surface area contributed by atoms with Gasteiger partial charge in [0.15, 0.2) is 11.6 Å². The minimum absolute atomic E-state index is 0.171. The standard InChI is InChI=1S/C19H15F5N2O2/c20-13-5-2-6-14(16(13)21)26-18(28)15-12(7-8-25-17(15)27)10-3-1-4-11(9-10)19(22,23)24/h1-6,9,12,15H,7-8H2,(H,25,27)(H,26,28)/t12?,15-/m1/s1. The Balaban J connectivity index is 1.92. The van der Waals surface area contributed by atoms with E-state index in [1.165, 1.54) is 18.2 Å². The van der Waals surface area contributed by atoms with E-state index in [0.29, 0.717) is 0 Å². The van der Waals surface area contributed by atoms with Gasteiger partial charge in [0.05, 0.1) is 11.3 Å². The molecule has 28 heavy (non-hydrogen) atoms. The number of halogens is 5. The van der Waals surface area contributed by atoms with Crippen LogP contribution in [-0.2, 0) is 15.8 Å². The number of anilines is 1. The third kappa shape index (κ3) is 3.97. The number of benzene rings is 2. The van der Waals surface area contributed by atoms with Crippen LogP contribution in [-0.4, -0.2) is 18.4 Å². The SMILES string of the molecule is O=C1NCCC(c2cccc(C(F)(F)F)c2)[C@H]1C(=O)Nc1cccc(F)c1F. The molecule has 1 fully saturated rings. The van der Waals surface area contributed by atoms with Crippen molar-refractivity contribution in [3.63, 3.8) is 0 Å². The molecule has 2 amide bonds.